The third kappa shape index (κ3) is 112. The third-order valence-corrected chi connectivity index (χ3v) is 19.6. The monoisotopic (exact) mass is 2020 g/mol. The fourth-order valence-electron chi connectivity index (χ4n) is 12.4. The largest absolute Gasteiger partial charge is 0.481 e. The number of unbranched alkanes of at least 4 members (excludes halogenated alkanes) is 1. The molecule has 9 atom stereocenters. The number of aliphatic imine (C=N–C) groups is 1. The molecule has 0 bridgehead atoms. The Kier molecular flexibility index (Phi) is 113. The molecule has 22 N–H and O–H groups in total. The Labute approximate surface area is 856 Å². The van der Waals surface area contributed by atoms with Crippen molar-refractivity contribution in [2.45, 2.75) is 496 Å². The number of carboxylic acid groups (broad SMARTS) is 2. The first kappa shape index (κ1) is 159. The van der Waals surface area contributed by atoms with Gasteiger partial charge in [-0.15, -0.1) is 0 Å². The van der Waals surface area contributed by atoms with Crippen molar-refractivity contribution in [1.29, 1.82) is 0 Å². The number of nitrogens with two attached hydrogens (primary N) is 4. The van der Waals surface area contributed by atoms with E-state index in [1.54, 1.807) is 20.8 Å². The van der Waals surface area contributed by atoms with Crippen LogP contribution in [0.1, 0.15) is 381 Å². The maximum Gasteiger partial charge on any atom is 0.373 e. The average molecular weight is 2020 g/mol. The number of Topliss-reactive ketones (excluding diaryl/α,β-unsaturated/α-hetero) is 10. The zero-order chi connectivity index (χ0) is 114. The molecule has 0 radical (unpaired) electrons. The van der Waals surface area contributed by atoms with E-state index in [9.17, 15) is 62.6 Å². The van der Waals surface area contributed by atoms with E-state index in [1.165, 1.54) is 0 Å². The van der Waals surface area contributed by atoms with E-state index >= 15 is 0 Å². The van der Waals surface area contributed by atoms with Gasteiger partial charge in [0.1, 0.15) is 11.6 Å². The number of guanidine groups is 1. The molecule has 0 heterocycles. The van der Waals surface area contributed by atoms with Gasteiger partial charge in [0.25, 0.3) is 0 Å². The van der Waals surface area contributed by atoms with Gasteiger partial charge < -0.3 is 96.5 Å². The van der Waals surface area contributed by atoms with Gasteiger partial charge in [-0.3, -0.25) is 62.5 Å². The molecular formula is C106H217N15O20. The lowest BCUT2D eigenvalue weighted by Gasteiger charge is -2.24. The Balaban J connectivity index is -0.000000130. The quantitative estimate of drug-likeness (QED) is 0.0153. The fraction of sp³-hybridized carbons (Fsp3) is 0.858. The molecule has 0 aromatic carbocycles. The van der Waals surface area contributed by atoms with Gasteiger partial charge >= 0.3 is 24.2 Å². The Hall–Kier alpha value is -6.89. The maximum absolute atomic E-state index is 12.0. The highest BCUT2D eigenvalue weighted by atomic mass is 16.4. The van der Waals surface area contributed by atoms with Crippen LogP contribution >= 0.6 is 0 Å². The Bertz CT molecular complexity index is 3200. The van der Waals surface area contributed by atoms with Gasteiger partial charge in [0.05, 0.1) is 67.5 Å². The summed E-state index contributed by atoms with van der Waals surface area (Å²) >= 11 is 0. The summed E-state index contributed by atoms with van der Waals surface area (Å²) in [6, 6.07) is 1.36. The number of rotatable bonds is 62. The molecule has 0 aromatic rings. The molecule has 9 unspecified atom stereocenters. The van der Waals surface area contributed by atoms with Crippen molar-refractivity contribution in [3.05, 3.63) is 0 Å². The second-order valence-electron chi connectivity index (χ2n) is 41.4. The molecule has 0 aliphatic carbocycles. The Morgan fingerprint density at radius 3 is 0.816 bits per heavy atom. The number of hydrogen-bond donors (Lipinski definition) is 18. The summed E-state index contributed by atoms with van der Waals surface area (Å²) < 4.78 is 0. The number of aliphatic carboxylic acids is 2. The van der Waals surface area contributed by atoms with E-state index in [1.807, 2.05) is 201 Å². The van der Waals surface area contributed by atoms with Gasteiger partial charge in [0.15, 0.2) is 52.2 Å². The first-order chi connectivity index (χ1) is 64.7. The van der Waals surface area contributed by atoms with Gasteiger partial charge in [0, 0.05) is 152 Å². The number of aliphatic hydroxyl groups is 2. The number of ketones is 10. The van der Waals surface area contributed by atoms with Crippen LogP contribution in [0.25, 0.3) is 0 Å². The van der Waals surface area contributed by atoms with Crippen LogP contribution in [0.3, 0.4) is 0 Å². The van der Waals surface area contributed by atoms with E-state index in [-0.39, 0.29) is 180 Å². The van der Waals surface area contributed by atoms with Crippen molar-refractivity contribution >= 4 is 88.0 Å². The second kappa shape index (κ2) is 100. The molecule has 0 aromatic heterocycles. The Morgan fingerprint density at radius 1 is 0.291 bits per heavy atom. The van der Waals surface area contributed by atoms with Crippen LogP contribution in [0.5, 0.6) is 0 Å². The first-order valence-corrected chi connectivity index (χ1v) is 51.8. The van der Waals surface area contributed by atoms with E-state index in [0.717, 1.165) is 77.3 Å². The standard InChI is InChI=1S/C12H26N4O.C12H26N2O.C11H24N2O.C11H21NO3.C10H19NO3.C10H21NO2.2C10H21NO.C9H19NO2.C9H19NO.2CO2/c1-8(2)11(17)10(16-9(3)4)6-5-7-15-12(13)14;1-9(2)12(15)11(14-10(3)4)7-5-6-8-13;1-8(2)11(14)10(6-5-7-12)13-9(3)4;1-7(2)11(15)9(12-8(3)4)5-6-10(13)14;1-6(2)10(14)8(5-9(12)13)11-7(3)4;1-6(2)10(13)9(8(5)12)11-7(3)4;1-8(2)10(12)6-5-7-11-9(3)4;1-6-9(11-8(4)5)10(12)7(2)3;1-6(2)9(12)8(5-11)10-7(3)4;1-7(2)9(11)5-6-10-8(3)4;2*2-1-3/h8-10,16H,5-7H2,1-4H3,(H4,13,14,15);9-11,14H,5-8,13H2,1-4H3;8-10,13H,5-7,12H2,1-4H3;7-9,12H,5-6H2,1-4H3,(H,13,14);6-8,11H,5H2,1-4H3,(H,12,13);6-9,11-12H,1-5H3;8-9,11H,5-7H2,1-4H3;7-9,11H,6H2,1-5H3;6-8,10-11H,5H2,1-4H3;7-8,10H,5-6H2,1-4H3;;. The fourth-order valence-corrected chi connectivity index (χ4v) is 12.4. The maximum atomic E-state index is 12.0. The minimum absolute atomic E-state index is 0.0107. The van der Waals surface area contributed by atoms with Crippen LogP contribution in [0.2, 0.25) is 0 Å². The number of nitrogens with one attached hydrogen (secondary N) is 10. The van der Waals surface area contributed by atoms with E-state index in [0.29, 0.717) is 97.6 Å². The number of carbonyl (C=O) groups excluding carboxylic acids is 14. The van der Waals surface area contributed by atoms with E-state index < -0.39 is 36.2 Å². The number of carbonyl (C=O) groups is 12. The van der Waals surface area contributed by atoms with Gasteiger partial charge in [-0.2, -0.15) is 19.2 Å². The summed E-state index contributed by atoms with van der Waals surface area (Å²) in [5.41, 5.74) is 21.4. The van der Waals surface area contributed by atoms with Gasteiger partial charge in [-0.1, -0.05) is 290 Å². The zero-order valence-electron chi connectivity index (χ0n) is 96.5. The van der Waals surface area contributed by atoms with Crippen molar-refractivity contribution in [3.8, 4) is 0 Å². The number of hydrogen-bond acceptors (Lipinski definition) is 31. The smallest absolute Gasteiger partial charge is 0.373 e. The summed E-state index contributed by atoms with van der Waals surface area (Å²) in [4.78, 5) is 173. The molecule has 141 heavy (non-hydrogen) atoms. The van der Waals surface area contributed by atoms with Crippen molar-refractivity contribution in [2.24, 2.45) is 87.1 Å². The van der Waals surface area contributed by atoms with Gasteiger partial charge in [0.2, 0.25) is 0 Å². The first-order valence-electron chi connectivity index (χ1n) is 51.8. The van der Waals surface area contributed by atoms with Crippen LogP contribution in [0, 0.1) is 59.2 Å². The van der Waals surface area contributed by atoms with E-state index in [4.69, 9.17) is 57.4 Å². The van der Waals surface area contributed by atoms with Crippen molar-refractivity contribution in [1.82, 2.24) is 53.2 Å². The summed E-state index contributed by atoms with van der Waals surface area (Å²) in [6.07, 6.45) is 9.63. The molecule has 0 spiro atoms. The van der Waals surface area contributed by atoms with Gasteiger partial charge in [-0.05, 0) is 84.3 Å². The topological polar surface area (TPSA) is 591 Å². The van der Waals surface area contributed by atoms with Crippen molar-refractivity contribution in [3.63, 3.8) is 0 Å². The zero-order valence-corrected chi connectivity index (χ0v) is 96.5. The minimum Gasteiger partial charge on any atom is -0.481 e. The molecule has 0 saturated carbocycles. The normalized spacial score (nSPS) is 12.9. The minimum atomic E-state index is -0.947. The molecular weight excluding hydrogens is 1800 g/mol. The lowest BCUT2D eigenvalue weighted by atomic mass is 9.96. The summed E-state index contributed by atoms with van der Waals surface area (Å²) in [6.45, 7) is 85.6. The summed E-state index contributed by atoms with van der Waals surface area (Å²) in [7, 11) is 0. The Morgan fingerprint density at radius 2 is 0.553 bits per heavy atom. The highest BCUT2D eigenvalue weighted by molar-refractivity contribution is 5.90. The molecule has 35 nitrogen and oxygen atoms in total. The van der Waals surface area contributed by atoms with Crippen LogP contribution in [-0.2, 0) is 76.7 Å². The molecule has 0 saturated heterocycles. The summed E-state index contributed by atoms with van der Waals surface area (Å²) in [5.74, 6) is 0.946. The average Bonchev–Trinajstić information content (AvgIpc) is 0.881. The van der Waals surface area contributed by atoms with Gasteiger partial charge in [-0.25, -0.2) is 0 Å². The van der Waals surface area contributed by atoms with Crippen LogP contribution in [-0.4, -0.2) is 263 Å². The molecule has 0 aliphatic heterocycles. The van der Waals surface area contributed by atoms with Crippen LogP contribution in [0.15, 0.2) is 4.99 Å². The molecule has 0 fully saturated rings. The third-order valence-electron chi connectivity index (χ3n) is 19.6. The second-order valence-corrected chi connectivity index (χ2v) is 41.4. The lowest BCUT2D eigenvalue weighted by molar-refractivity contribution is -0.193. The number of nitrogens with zero attached hydrogens (tertiary/aromatic N) is 1. The highest BCUT2D eigenvalue weighted by Gasteiger charge is 2.30. The molecule has 0 rings (SSSR count). The molecule has 35 heteroatoms. The number of carboxylic acids is 2. The lowest BCUT2D eigenvalue weighted by Crippen LogP contribution is -2.49. The molecule has 836 valence electrons. The predicted octanol–water partition coefficient (Wildman–Crippen LogP) is 12.1. The predicted molar refractivity (Wildman–Crippen MR) is 574 cm³/mol. The number of aliphatic hydroxyl groups excluding tert-OH is 2. The van der Waals surface area contributed by atoms with Crippen molar-refractivity contribution in [2.75, 3.05) is 39.3 Å². The van der Waals surface area contributed by atoms with Crippen LogP contribution in [0.4, 0.5) is 0 Å². The van der Waals surface area contributed by atoms with E-state index in [2.05, 4.69) is 127 Å². The van der Waals surface area contributed by atoms with Crippen LogP contribution < -0.4 is 76.1 Å². The SMILES string of the molecule is CC(C)NC(C(=O)C(C)C)C(C)O.CC(C)NC(CC(=O)O)C(=O)C(C)C.CC(C)NC(CCC(=O)O)C(=O)C(C)C.CC(C)NC(CCCCN)C(=O)C(C)C.CC(C)NC(CCCN)C(=O)C(C)C.CC(C)NC(CCCN=C(N)N)C(=O)C(C)C.CC(C)NC(CO)C(=O)C(C)C.CC(C)NCCC(=O)C(C)C.CC(C)NCCCC(=O)C(C)C.CCC(NC(C)C)C(=O)C(C)C.O=C=O.O=C=O. The summed E-state index contributed by atoms with van der Waals surface area (Å²) in [5, 5.41) is 67.3. The molecule has 0 aliphatic rings. The highest BCUT2D eigenvalue weighted by Crippen LogP contribution is 2.15. The molecule has 0 amide bonds. The van der Waals surface area contributed by atoms with Crippen molar-refractivity contribution < 1.29 is 97.1 Å².